The van der Waals surface area contributed by atoms with Gasteiger partial charge in [-0.1, -0.05) is 42.0 Å². The van der Waals surface area contributed by atoms with E-state index in [4.69, 9.17) is 0 Å². The van der Waals surface area contributed by atoms with Crippen molar-refractivity contribution in [3.63, 3.8) is 0 Å². The van der Waals surface area contributed by atoms with Crippen molar-refractivity contribution in [1.82, 2.24) is 14.7 Å². The second kappa shape index (κ2) is 7.52. The van der Waals surface area contributed by atoms with Gasteiger partial charge in [0.25, 0.3) is 0 Å². The van der Waals surface area contributed by atoms with Gasteiger partial charge in [0.05, 0.1) is 0 Å². The molecule has 2 N–H and O–H groups in total. The summed E-state index contributed by atoms with van der Waals surface area (Å²) in [5.74, 6) is 0.291. The van der Waals surface area contributed by atoms with E-state index in [1.807, 2.05) is 60.0 Å². The van der Waals surface area contributed by atoms with Gasteiger partial charge in [0.1, 0.15) is 23.0 Å². The van der Waals surface area contributed by atoms with E-state index in [0.29, 0.717) is 18.1 Å². The van der Waals surface area contributed by atoms with Crippen molar-refractivity contribution in [3.8, 4) is 11.3 Å². The van der Waals surface area contributed by atoms with Crippen LogP contribution in [0.15, 0.2) is 72.9 Å². The molecule has 2 heterocycles. The molecule has 0 atom stereocenters. The number of fused-ring (bicyclic) bond motifs is 1. The molecule has 0 bridgehead atoms. The van der Waals surface area contributed by atoms with Crippen LogP contribution in [0.4, 0.5) is 15.0 Å². The summed E-state index contributed by atoms with van der Waals surface area (Å²) in [6.07, 6.45) is 1.86. The molecule has 0 radical (unpaired) electrons. The lowest BCUT2D eigenvalue weighted by atomic mass is 10.1. The molecule has 0 aliphatic heterocycles. The lowest BCUT2D eigenvalue weighted by molar-refractivity contribution is 0.251. The van der Waals surface area contributed by atoms with Crippen LogP contribution in [0.3, 0.4) is 0 Å². The third-order valence-corrected chi connectivity index (χ3v) is 4.42. The van der Waals surface area contributed by atoms with Crippen LogP contribution in [0.1, 0.15) is 11.1 Å². The fraction of sp³-hybridized carbons (Fsp3) is 0.0909. The minimum absolute atomic E-state index is 0.294. The Kier molecular flexibility index (Phi) is 4.76. The van der Waals surface area contributed by atoms with Crippen LogP contribution in [0.25, 0.3) is 16.9 Å². The fourth-order valence-corrected chi connectivity index (χ4v) is 3.05. The van der Waals surface area contributed by atoms with Crippen LogP contribution in [-0.4, -0.2) is 15.4 Å². The van der Waals surface area contributed by atoms with Crippen molar-refractivity contribution >= 4 is 17.5 Å². The highest BCUT2D eigenvalue weighted by Gasteiger charge is 2.16. The number of hydrogen-bond donors (Lipinski definition) is 2. The summed E-state index contributed by atoms with van der Waals surface area (Å²) in [7, 11) is 0. The molecule has 2 aromatic heterocycles. The first kappa shape index (κ1) is 17.7. The largest absolute Gasteiger partial charge is 0.334 e. The number of pyridine rings is 1. The highest BCUT2D eigenvalue weighted by molar-refractivity contribution is 5.93. The molecule has 6 heteroatoms. The van der Waals surface area contributed by atoms with E-state index in [1.165, 1.54) is 12.1 Å². The maximum Gasteiger partial charge on any atom is 0.320 e. The molecule has 0 aliphatic rings. The summed E-state index contributed by atoms with van der Waals surface area (Å²) >= 11 is 0. The molecule has 5 nitrogen and oxygen atoms in total. The van der Waals surface area contributed by atoms with Gasteiger partial charge in [-0.05, 0) is 42.8 Å². The molecular weight excluding hydrogens is 355 g/mol. The number of carbonyl (C=O) groups is 1. The molecule has 0 saturated carbocycles. The minimum atomic E-state index is -0.358. The third-order valence-electron chi connectivity index (χ3n) is 4.42. The summed E-state index contributed by atoms with van der Waals surface area (Å²) in [5, 5.41) is 5.71. The lowest BCUT2D eigenvalue weighted by Gasteiger charge is -2.10. The first-order valence-corrected chi connectivity index (χ1v) is 8.93. The molecule has 2 amide bonds. The zero-order valence-electron chi connectivity index (χ0n) is 15.3. The van der Waals surface area contributed by atoms with E-state index in [1.54, 1.807) is 12.1 Å². The number of nitrogens with zero attached hydrogens (tertiary/aromatic N) is 2. The summed E-state index contributed by atoms with van der Waals surface area (Å²) in [4.78, 5) is 17.2. The Balaban J connectivity index is 1.61. The predicted octanol–water partition coefficient (Wildman–Crippen LogP) is 4.77. The van der Waals surface area contributed by atoms with Crippen LogP contribution in [0.2, 0.25) is 0 Å². The van der Waals surface area contributed by atoms with E-state index in [0.717, 1.165) is 22.3 Å². The van der Waals surface area contributed by atoms with Crippen LogP contribution in [0, 0.1) is 12.7 Å². The maximum atomic E-state index is 13.0. The minimum Gasteiger partial charge on any atom is -0.334 e. The molecular formula is C22H19FN4O. The number of urea groups is 1. The topological polar surface area (TPSA) is 58.4 Å². The number of imidazole rings is 1. The van der Waals surface area contributed by atoms with E-state index in [9.17, 15) is 9.18 Å². The molecule has 0 spiro atoms. The SMILES string of the molecule is Cc1cccc(-c2nc3ccccn3c2NC(=O)NCc2ccc(F)cc2)c1. The van der Waals surface area contributed by atoms with Gasteiger partial charge < -0.3 is 5.32 Å². The summed E-state index contributed by atoms with van der Waals surface area (Å²) in [6.45, 7) is 2.31. The molecule has 2 aromatic carbocycles. The van der Waals surface area contributed by atoms with Gasteiger partial charge in [-0.25, -0.2) is 14.2 Å². The van der Waals surface area contributed by atoms with Crippen molar-refractivity contribution < 1.29 is 9.18 Å². The Morgan fingerprint density at radius 2 is 1.89 bits per heavy atom. The zero-order chi connectivity index (χ0) is 19.5. The van der Waals surface area contributed by atoms with Crippen molar-refractivity contribution in [2.45, 2.75) is 13.5 Å². The average molecular weight is 374 g/mol. The number of nitrogens with one attached hydrogen (secondary N) is 2. The number of carbonyl (C=O) groups excluding carboxylic acids is 1. The molecule has 28 heavy (non-hydrogen) atoms. The second-order valence-electron chi connectivity index (χ2n) is 6.54. The predicted molar refractivity (Wildman–Crippen MR) is 108 cm³/mol. The van der Waals surface area contributed by atoms with E-state index in [2.05, 4.69) is 15.6 Å². The first-order chi connectivity index (χ1) is 13.6. The number of aryl methyl sites for hydroxylation is 1. The van der Waals surface area contributed by atoms with E-state index in [-0.39, 0.29) is 11.8 Å². The van der Waals surface area contributed by atoms with Gasteiger partial charge >= 0.3 is 6.03 Å². The van der Waals surface area contributed by atoms with Crippen molar-refractivity contribution in [2.24, 2.45) is 0 Å². The molecule has 0 saturated heterocycles. The van der Waals surface area contributed by atoms with Gasteiger partial charge in [0.2, 0.25) is 0 Å². The Labute approximate surface area is 161 Å². The number of aromatic nitrogens is 2. The van der Waals surface area contributed by atoms with Crippen LogP contribution >= 0.6 is 0 Å². The van der Waals surface area contributed by atoms with Crippen molar-refractivity contribution in [1.29, 1.82) is 0 Å². The van der Waals surface area contributed by atoms with E-state index < -0.39 is 0 Å². The van der Waals surface area contributed by atoms with E-state index >= 15 is 0 Å². The zero-order valence-corrected chi connectivity index (χ0v) is 15.3. The quantitative estimate of drug-likeness (QED) is 0.541. The molecule has 4 rings (SSSR count). The summed E-state index contributed by atoms with van der Waals surface area (Å²) in [6, 6.07) is 19.3. The fourth-order valence-electron chi connectivity index (χ4n) is 3.05. The number of benzene rings is 2. The van der Waals surface area contributed by atoms with Gasteiger partial charge in [0.15, 0.2) is 0 Å². The second-order valence-corrected chi connectivity index (χ2v) is 6.54. The smallest absolute Gasteiger partial charge is 0.320 e. The van der Waals surface area contributed by atoms with Gasteiger partial charge in [-0.3, -0.25) is 9.72 Å². The summed E-state index contributed by atoms with van der Waals surface area (Å²) < 4.78 is 14.9. The number of halogens is 1. The normalized spacial score (nSPS) is 10.8. The van der Waals surface area contributed by atoms with Gasteiger partial charge in [-0.15, -0.1) is 0 Å². The number of hydrogen-bond acceptors (Lipinski definition) is 2. The Hall–Kier alpha value is -3.67. The molecule has 0 aliphatic carbocycles. The molecule has 140 valence electrons. The summed E-state index contributed by atoms with van der Waals surface area (Å²) in [5.41, 5.74) is 4.30. The van der Waals surface area contributed by atoms with Gasteiger partial charge in [0, 0.05) is 18.3 Å². The standard InChI is InChI=1S/C22H19FN4O/c1-15-5-4-6-17(13-15)20-21(27-12-3-2-7-19(27)25-20)26-22(28)24-14-16-8-10-18(23)11-9-16/h2-13H,14H2,1H3,(H2,24,26,28). The lowest BCUT2D eigenvalue weighted by Crippen LogP contribution is -2.28. The number of rotatable bonds is 4. The average Bonchev–Trinajstić information content (AvgIpc) is 3.06. The third kappa shape index (κ3) is 3.71. The van der Waals surface area contributed by atoms with Crippen molar-refractivity contribution in [3.05, 3.63) is 89.9 Å². The molecule has 4 aromatic rings. The molecule has 0 unspecified atom stereocenters. The Morgan fingerprint density at radius 1 is 1.07 bits per heavy atom. The van der Waals surface area contributed by atoms with Crippen LogP contribution < -0.4 is 10.6 Å². The highest BCUT2D eigenvalue weighted by Crippen LogP contribution is 2.29. The first-order valence-electron chi connectivity index (χ1n) is 8.93. The maximum absolute atomic E-state index is 13.0. The van der Waals surface area contributed by atoms with Crippen LogP contribution in [-0.2, 0) is 6.54 Å². The monoisotopic (exact) mass is 374 g/mol. The van der Waals surface area contributed by atoms with Crippen molar-refractivity contribution in [2.75, 3.05) is 5.32 Å². The molecule has 0 fully saturated rings. The van der Waals surface area contributed by atoms with Gasteiger partial charge in [-0.2, -0.15) is 0 Å². The Morgan fingerprint density at radius 3 is 2.68 bits per heavy atom. The number of amides is 2. The van der Waals surface area contributed by atoms with Crippen LogP contribution in [0.5, 0.6) is 0 Å². The number of anilines is 1. The highest BCUT2D eigenvalue weighted by atomic mass is 19.1. The Bertz CT molecular complexity index is 1130.